The van der Waals surface area contributed by atoms with Gasteiger partial charge >= 0.3 is 0 Å². The van der Waals surface area contributed by atoms with E-state index in [1.807, 2.05) is 50.2 Å². The predicted molar refractivity (Wildman–Crippen MR) is 140 cm³/mol. The van der Waals surface area contributed by atoms with Crippen LogP contribution in [0, 0.1) is 13.8 Å². The Morgan fingerprint density at radius 1 is 1.03 bits per heavy atom. The summed E-state index contributed by atoms with van der Waals surface area (Å²) in [4.78, 5) is 19.1. The molecule has 0 heterocycles. The molecule has 0 saturated heterocycles. The number of carbonyl (C=O) groups excluding carboxylic acids is 1. The van der Waals surface area contributed by atoms with Crippen molar-refractivity contribution in [1.29, 1.82) is 0 Å². The van der Waals surface area contributed by atoms with Crippen molar-refractivity contribution in [2.45, 2.75) is 33.9 Å². The van der Waals surface area contributed by atoms with Crippen LogP contribution in [-0.2, 0) is 13.1 Å². The summed E-state index contributed by atoms with van der Waals surface area (Å²) < 4.78 is 0. The third-order valence-corrected chi connectivity index (χ3v) is 4.74. The number of carbonyl (C=O) groups is 1. The Morgan fingerprint density at radius 3 is 2.48 bits per heavy atom. The number of amides is 1. The molecule has 170 valence electrons. The molecule has 6 nitrogen and oxygen atoms in total. The van der Waals surface area contributed by atoms with Crippen LogP contribution in [0.1, 0.15) is 39.5 Å². The molecule has 0 saturated carbocycles. The van der Waals surface area contributed by atoms with E-state index in [0.29, 0.717) is 25.2 Å². The summed E-state index contributed by atoms with van der Waals surface area (Å²) in [6.45, 7) is 9.72. The molecule has 7 heteroatoms. The van der Waals surface area contributed by atoms with E-state index in [1.165, 1.54) is 16.7 Å². The topological polar surface area (TPSA) is 68.8 Å². The molecule has 3 N–H and O–H groups in total. The van der Waals surface area contributed by atoms with Crippen molar-refractivity contribution in [1.82, 2.24) is 20.9 Å². The minimum atomic E-state index is -0.0532. The molecule has 0 spiro atoms. The second kappa shape index (κ2) is 14.0. The van der Waals surface area contributed by atoms with Gasteiger partial charge in [-0.3, -0.25) is 4.79 Å². The van der Waals surface area contributed by atoms with Gasteiger partial charge in [-0.15, -0.1) is 24.0 Å². The summed E-state index contributed by atoms with van der Waals surface area (Å²) in [6.07, 6.45) is 0. The first-order valence-electron chi connectivity index (χ1n) is 10.5. The number of rotatable bonds is 9. The van der Waals surface area contributed by atoms with Crippen LogP contribution >= 0.6 is 24.0 Å². The maximum atomic E-state index is 12.3. The van der Waals surface area contributed by atoms with Gasteiger partial charge in [0.05, 0.1) is 6.54 Å². The molecule has 0 aliphatic heterocycles. The monoisotopic (exact) mass is 537 g/mol. The average molecular weight is 537 g/mol. The molecular weight excluding hydrogens is 501 g/mol. The highest BCUT2D eigenvalue weighted by Gasteiger charge is 2.06. The summed E-state index contributed by atoms with van der Waals surface area (Å²) >= 11 is 0. The molecule has 2 rings (SSSR count). The lowest BCUT2D eigenvalue weighted by molar-refractivity contribution is 0.0951. The van der Waals surface area contributed by atoms with Crippen LogP contribution in [0.25, 0.3) is 0 Å². The van der Waals surface area contributed by atoms with E-state index < -0.39 is 0 Å². The minimum Gasteiger partial charge on any atom is -0.357 e. The Kier molecular flexibility index (Phi) is 12.2. The zero-order valence-corrected chi connectivity index (χ0v) is 21.6. The fourth-order valence-electron chi connectivity index (χ4n) is 3.04. The van der Waals surface area contributed by atoms with E-state index in [-0.39, 0.29) is 29.9 Å². The summed E-state index contributed by atoms with van der Waals surface area (Å²) in [6, 6.07) is 14.1. The van der Waals surface area contributed by atoms with Crippen molar-refractivity contribution in [3.63, 3.8) is 0 Å². The van der Waals surface area contributed by atoms with Gasteiger partial charge in [0, 0.05) is 31.7 Å². The molecule has 0 aromatic heterocycles. The summed E-state index contributed by atoms with van der Waals surface area (Å²) in [5.41, 5.74) is 5.45. The standard InChI is InChI=1S/C24H35N5O.HI/c1-6-25-24(28-17-22-11-10-18(2)14-19(22)3)27-16-20-8-7-9-21(15-20)23(30)26-12-13-29(4)5;/h7-11,14-15H,6,12-13,16-17H2,1-5H3,(H,26,30)(H2,25,27,28);1H. The van der Waals surface area contributed by atoms with Crippen LogP contribution in [0.2, 0.25) is 0 Å². The van der Waals surface area contributed by atoms with Crippen LogP contribution in [0.4, 0.5) is 0 Å². The van der Waals surface area contributed by atoms with Crippen LogP contribution in [0.15, 0.2) is 47.5 Å². The third-order valence-electron chi connectivity index (χ3n) is 4.74. The van der Waals surface area contributed by atoms with Gasteiger partial charge in [0.15, 0.2) is 5.96 Å². The van der Waals surface area contributed by atoms with Crippen LogP contribution in [0.5, 0.6) is 0 Å². The number of nitrogens with zero attached hydrogens (tertiary/aromatic N) is 2. The number of hydrogen-bond donors (Lipinski definition) is 3. The lowest BCUT2D eigenvalue weighted by atomic mass is 10.1. The Labute approximate surface area is 203 Å². The zero-order valence-electron chi connectivity index (χ0n) is 19.3. The second-order valence-corrected chi connectivity index (χ2v) is 7.74. The molecular formula is C24H36IN5O. The first kappa shape index (κ1) is 26.9. The molecule has 0 atom stereocenters. The molecule has 0 aliphatic carbocycles. The lowest BCUT2D eigenvalue weighted by Crippen LogP contribution is -2.37. The average Bonchev–Trinajstić information content (AvgIpc) is 2.71. The number of halogens is 1. The first-order valence-corrected chi connectivity index (χ1v) is 10.5. The van der Waals surface area contributed by atoms with Crippen LogP contribution in [0.3, 0.4) is 0 Å². The number of aliphatic imine (C=N–C) groups is 1. The van der Waals surface area contributed by atoms with Crippen molar-refractivity contribution in [3.8, 4) is 0 Å². The van der Waals surface area contributed by atoms with Gasteiger partial charge in [-0.1, -0.05) is 35.9 Å². The second-order valence-electron chi connectivity index (χ2n) is 7.74. The molecule has 31 heavy (non-hydrogen) atoms. The Morgan fingerprint density at radius 2 is 1.81 bits per heavy atom. The van der Waals surface area contributed by atoms with Crippen molar-refractivity contribution in [2.24, 2.45) is 4.99 Å². The first-order chi connectivity index (χ1) is 14.4. The molecule has 0 radical (unpaired) electrons. The van der Waals surface area contributed by atoms with Gasteiger partial charge in [-0.05, 0) is 63.7 Å². The molecule has 0 fully saturated rings. The van der Waals surface area contributed by atoms with E-state index in [0.717, 1.165) is 24.6 Å². The molecule has 2 aromatic rings. The maximum absolute atomic E-state index is 12.3. The van der Waals surface area contributed by atoms with Crippen molar-refractivity contribution < 1.29 is 4.79 Å². The van der Waals surface area contributed by atoms with Crippen LogP contribution in [-0.4, -0.2) is 50.5 Å². The molecule has 1 amide bonds. The van der Waals surface area contributed by atoms with Crippen molar-refractivity contribution in [3.05, 3.63) is 70.3 Å². The van der Waals surface area contributed by atoms with E-state index in [1.54, 1.807) is 0 Å². The minimum absolute atomic E-state index is 0. The normalized spacial score (nSPS) is 11.1. The van der Waals surface area contributed by atoms with Gasteiger partial charge in [0.2, 0.25) is 0 Å². The zero-order chi connectivity index (χ0) is 21.9. The van der Waals surface area contributed by atoms with Gasteiger partial charge < -0.3 is 20.9 Å². The summed E-state index contributed by atoms with van der Waals surface area (Å²) in [7, 11) is 3.97. The van der Waals surface area contributed by atoms with Crippen LogP contribution < -0.4 is 16.0 Å². The van der Waals surface area contributed by atoms with Gasteiger partial charge in [-0.2, -0.15) is 0 Å². The SMILES string of the molecule is CCNC(=NCc1cccc(C(=O)NCCN(C)C)c1)NCc1ccc(C)cc1C.I. The quantitative estimate of drug-likeness (QED) is 0.261. The highest BCUT2D eigenvalue weighted by Crippen LogP contribution is 2.10. The molecule has 2 aromatic carbocycles. The number of aryl methyl sites for hydroxylation is 2. The smallest absolute Gasteiger partial charge is 0.251 e. The van der Waals surface area contributed by atoms with Gasteiger partial charge in [-0.25, -0.2) is 4.99 Å². The fraction of sp³-hybridized carbons (Fsp3) is 0.417. The van der Waals surface area contributed by atoms with E-state index in [4.69, 9.17) is 0 Å². The number of benzene rings is 2. The summed E-state index contributed by atoms with van der Waals surface area (Å²) in [5, 5.41) is 9.63. The number of hydrogen-bond acceptors (Lipinski definition) is 3. The highest BCUT2D eigenvalue weighted by atomic mass is 127. The van der Waals surface area contributed by atoms with E-state index >= 15 is 0 Å². The largest absolute Gasteiger partial charge is 0.357 e. The highest BCUT2D eigenvalue weighted by molar-refractivity contribution is 14.0. The number of nitrogens with one attached hydrogen (secondary N) is 3. The molecule has 0 unspecified atom stereocenters. The maximum Gasteiger partial charge on any atom is 0.251 e. The predicted octanol–water partition coefficient (Wildman–Crippen LogP) is 3.47. The number of guanidine groups is 1. The van der Waals surface area contributed by atoms with Crippen molar-refractivity contribution >= 4 is 35.8 Å². The third kappa shape index (κ3) is 9.69. The molecule has 0 bridgehead atoms. The Balaban J connectivity index is 0.00000480. The van der Waals surface area contributed by atoms with Gasteiger partial charge in [0.25, 0.3) is 5.91 Å². The van der Waals surface area contributed by atoms with E-state index in [9.17, 15) is 4.79 Å². The summed E-state index contributed by atoms with van der Waals surface area (Å²) in [5.74, 6) is 0.709. The fourth-order valence-corrected chi connectivity index (χ4v) is 3.04. The van der Waals surface area contributed by atoms with Crippen molar-refractivity contribution in [2.75, 3.05) is 33.7 Å². The van der Waals surface area contributed by atoms with Gasteiger partial charge in [0.1, 0.15) is 0 Å². The van der Waals surface area contributed by atoms with E-state index in [2.05, 4.69) is 53.0 Å². The number of likely N-dealkylation sites (N-methyl/N-ethyl adjacent to an activating group) is 1. The Hall–Kier alpha value is -2.13. The Bertz CT molecular complexity index is 867. The molecule has 0 aliphatic rings. The lowest BCUT2D eigenvalue weighted by Gasteiger charge is -2.13.